The van der Waals surface area contributed by atoms with Crippen molar-refractivity contribution in [3.05, 3.63) is 85.5 Å². The highest BCUT2D eigenvalue weighted by molar-refractivity contribution is 5.99. The summed E-state index contributed by atoms with van der Waals surface area (Å²) in [4.78, 5) is 48.7. The molecule has 3 saturated heterocycles. The molecule has 1 spiro atoms. The first-order valence-corrected chi connectivity index (χ1v) is 16.0. The standard InChI is InChI=1S/C35H42N6O5/c1-5-19-38(4)31(43)28-29-32(44)41(25(22-42)21-24-13-9-8-10-14-24)30(35(29)18-17-34(28,7-3)46-35)33(45)39(20-6-2)23-40-27-16-12-11-15-26(27)36-37-40/h5-6,8-16,25,28-30,42H,1-2,7,17-23H2,3-4H3/t25-,28+,29+,30?,34-,35?/m1/s1. The van der Waals surface area contributed by atoms with E-state index in [-0.39, 0.29) is 37.5 Å². The van der Waals surface area contributed by atoms with Gasteiger partial charge in [-0.3, -0.25) is 14.4 Å². The molecule has 11 nitrogen and oxygen atoms in total. The molecule has 3 aliphatic rings. The number of benzene rings is 2. The van der Waals surface area contributed by atoms with Crippen molar-refractivity contribution in [2.24, 2.45) is 11.8 Å². The van der Waals surface area contributed by atoms with E-state index < -0.39 is 35.1 Å². The predicted octanol–water partition coefficient (Wildman–Crippen LogP) is 2.81. The summed E-state index contributed by atoms with van der Waals surface area (Å²) in [7, 11) is 1.70. The SMILES string of the molecule is C=CCN(C)C(=O)[C@@H]1[C@H]2C(=O)N([C@@H](CO)Cc3ccccc3)C(C(=O)N(CC=C)Cn3nnc4ccccc43)C23CC[C@@]1(CC)O3. The molecule has 3 fully saturated rings. The van der Waals surface area contributed by atoms with E-state index in [1.807, 2.05) is 61.5 Å². The van der Waals surface area contributed by atoms with E-state index in [2.05, 4.69) is 23.5 Å². The molecule has 4 heterocycles. The zero-order valence-corrected chi connectivity index (χ0v) is 26.5. The molecule has 3 aromatic rings. The number of likely N-dealkylation sites (N-methyl/N-ethyl adjacent to an activating group) is 1. The second-order valence-electron chi connectivity index (χ2n) is 12.7. The molecule has 2 bridgehead atoms. The number of amides is 3. The van der Waals surface area contributed by atoms with Crippen molar-refractivity contribution in [3.8, 4) is 0 Å². The summed E-state index contributed by atoms with van der Waals surface area (Å²) in [5.41, 5.74) is 0.252. The van der Waals surface area contributed by atoms with Crippen molar-refractivity contribution in [3.63, 3.8) is 0 Å². The summed E-state index contributed by atoms with van der Waals surface area (Å²) in [5.74, 6) is -2.53. The number of aromatic nitrogens is 3. The number of hydrogen-bond donors (Lipinski definition) is 1. The van der Waals surface area contributed by atoms with E-state index in [0.717, 1.165) is 11.1 Å². The Morgan fingerprint density at radius 1 is 1.09 bits per heavy atom. The summed E-state index contributed by atoms with van der Waals surface area (Å²) in [6.07, 6.45) is 5.12. The van der Waals surface area contributed by atoms with Crippen LogP contribution in [0.1, 0.15) is 31.7 Å². The van der Waals surface area contributed by atoms with Gasteiger partial charge in [0, 0.05) is 20.1 Å². The number of carbonyl (C=O) groups excluding carboxylic acids is 3. The maximum Gasteiger partial charge on any atom is 0.250 e. The smallest absolute Gasteiger partial charge is 0.250 e. The monoisotopic (exact) mass is 626 g/mol. The Morgan fingerprint density at radius 3 is 2.50 bits per heavy atom. The van der Waals surface area contributed by atoms with Gasteiger partial charge in [0.05, 0.1) is 35.6 Å². The third-order valence-electron chi connectivity index (χ3n) is 10.2. The fraction of sp³-hybridized carbons (Fsp3) is 0.457. The summed E-state index contributed by atoms with van der Waals surface area (Å²) >= 11 is 0. The van der Waals surface area contributed by atoms with Gasteiger partial charge in [0.2, 0.25) is 17.7 Å². The van der Waals surface area contributed by atoms with Crippen molar-refractivity contribution in [1.29, 1.82) is 0 Å². The molecule has 2 unspecified atom stereocenters. The van der Waals surface area contributed by atoms with Crippen molar-refractivity contribution in [2.75, 3.05) is 26.7 Å². The Labute approximate surface area is 269 Å². The molecule has 1 aromatic heterocycles. The highest BCUT2D eigenvalue weighted by Crippen LogP contribution is 2.65. The highest BCUT2D eigenvalue weighted by Gasteiger charge is 2.79. The molecule has 1 N–H and O–H groups in total. The molecule has 6 atom stereocenters. The van der Waals surface area contributed by atoms with Crippen LogP contribution in [0.15, 0.2) is 79.9 Å². The van der Waals surface area contributed by atoms with Gasteiger partial charge in [0.15, 0.2) is 0 Å². The normalized spacial score (nSPS) is 27.1. The number of ether oxygens (including phenoxy) is 1. The second kappa shape index (κ2) is 12.4. The number of aliphatic hydroxyl groups excluding tert-OH is 1. The Balaban J connectivity index is 1.45. The van der Waals surface area contributed by atoms with E-state index in [0.29, 0.717) is 37.7 Å². The van der Waals surface area contributed by atoms with Crippen LogP contribution in [0.5, 0.6) is 0 Å². The van der Waals surface area contributed by atoms with E-state index in [1.165, 1.54) is 4.90 Å². The lowest BCUT2D eigenvalue weighted by molar-refractivity contribution is -0.158. The van der Waals surface area contributed by atoms with Gasteiger partial charge in [0.1, 0.15) is 23.8 Å². The van der Waals surface area contributed by atoms with Gasteiger partial charge in [-0.25, -0.2) is 4.68 Å². The number of rotatable bonds is 13. The first-order chi connectivity index (χ1) is 22.2. The van der Waals surface area contributed by atoms with Gasteiger partial charge in [-0.1, -0.05) is 66.8 Å². The maximum absolute atomic E-state index is 15.0. The first-order valence-electron chi connectivity index (χ1n) is 16.0. The van der Waals surface area contributed by atoms with Crippen LogP contribution in [0.3, 0.4) is 0 Å². The lowest BCUT2D eigenvalue weighted by atomic mass is 9.64. The molecule has 0 saturated carbocycles. The summed E-state index contributed by atoms with van der Waals surface area (Å²) < 4.78 is 8.62. The highest BCUT2D eigenvalue weighted by atomic mass is 16.5. The molecule has 3 aliphatic heterocycles. The lowest BCUT2D eigenvalue weighted by Gasteiger charge is -2.39. The predicted molar refractivity (Wildman–Crippen MR) is 172 cm³/mol. The topological polar surface area (TPSA) is 121 Å². The van der Waals surface area contributed by atoms with E-state index >= 15 is 4.79 Å². The summed E-state index contributed by atoms with van der Waals surface area (Å²) in [6.45, 7) is 9.86. The summed E-state index contributed by atoms with van der Waals surface area (Å²) in [5, 5.41) is 19.4. The summed E-state index contributed by atoms with van der Waals surface area (Å²) in [6, 6.07) is 15.3. The molecule has 11 heteroatoms. The van der Waals surface area contributed by atoms with Crippen molar-refractivity contribution < 1.29 is 24.2 Å². The largest absolute Gasteiger partial charge is 0.394 e. The fourth-order valence-corrected chi connectivity index (χ4v) is 8.09. The van der Waals surface area contributed by atoms with Crippen LogP contribution in [-0.4, -0.2) is 103 Å². The van der Waals surface area contributed by atoms with Crippen LogP contribution in [0.4, 0.5) is 0 Å². The third kappa shape index (κ3) is 4.93. The van der Waals surface area contributed by atoms with Gasteiger partial charge in [0.25, 0.3) is 0 Å². The van der Waals surface area contributed by atoms with Crippen molar-refractivity contribution >= 4 is 28.8 Å². The van der Waals surface area contributed by atoms with Crippen LogP contribution < -0.4 is 0 Å². The first kappa shape index (κ1) is 31.6. The molecular formula is C35H42N6O5. The average molecular weight is 627 g/mol. The lowest BCUT2D eigenvalue weighted by Crippen LogP contribution is -2.59. The average Bonchev–Trinajstić information content (AvgIpc) is 3.80. The van der Waals surface area contributed by atoms with Crippen molar-refractivity contribution in [2.45, 2.75) is 62.6 Å². The zero-order valence-electron chi connectivity index (χ0n) is 26.5. The number of likely N-dealkylation sites (tertiary alicyclic amines) is 1. The van der Waals surface area contributed by atoms with Gasteiger partial charge in [-0.15, -0.1) is 18.3 Å². The Morgan fingerprint density at radius 2 is 1.80 bits per heavy atom. The van der Waals surface area contributed by atoms with Crippen LogP contribution in [0.25, 0.3) is 11.0 Å². The van der Waals surface area contributed by atoms with Crippen LogP contribution in [0, 0.1) is 11.8 Å². The molecule has 6 rings (SSSR count). The minimum absolute atomic E-state index is 0.0659. The van der Waals surface area contributed by atoms with E-state index in [4.69, 9.17) is 4.74 Å². The number of carbonyl (C=O) groups is 3. The maximum atomic E-state index is 15.0. The second-order valence-corrected chi connectivity index (χ2v) is 12.7. The Bertz CT molecular complexity index is 1640. The molecule has 242 valence electrons. The Kier molecular flexibility index (Phi) is 8.56. The minimum atomic E-state index is -1.24. The quantitative estimate of drug-likeness (QED) is 0.290. The minimum Gasteiger partial charge on any atom is -0.394 e. The third-order valence-corrected chi connectivity index (χ3v) is 10.2. The zero-order chi connectivity index (χ0) is 32.6. The van der Waals surface area contributed by atoms with Gasteiger partial charge >= 0.3 is 0 Å². The van der Waals surface area contributed by atoms with Crippen molar-refractivity contribution in [1.82, 2.24) is 29.7 Å². The van der Waals surface area contributed by atoms with E-state index in [1.54, 1.807) is 33.7 Å². The molecular weight excluding hydrogens is 584 g/mol. The van der Waals surface area contributed by atoms with Gasteiger partial charge in [-0.2, -0.15) is 0 Å². The number of fused-ring (bicyclic) bond motifs is 2. The van der Waals surface area contributed by atoms with Crippen LogP contribution in [-0.2, 0) is 32.2 Å². The molecule has 3 amide bonds. The fourth-order valence-electron chi connectivity index (χ4n) is 8.09. The van der Waals surface area contributed by atoms with Gasteiger partial charge in [-0.05, 0) is 43.4 Å². The molecule has 2 aromatic carbocycles. The Hall–Kier alpha value is -4.35. The van der Waals surface area contributed by atoms with Crippen LogP contribution in [0.2, 0.25) is 0 Å². The van der Waals surface area contributed by atoms with Gasteiger partial charge < -0.3 is 24.5 Å². The number of aliphatic hydroxyl groups is 1. The molecule has 0 aliphatic carbocycles. The molecule has 0 radical (unpaired) electrons. The molecule has 46 heavy (non-hydrogen) atoms. The number of hydrogen-bond acceptors (Lipinski definition) is 7. The number of nitrogens with zero attached hydrogens (tertiary/aromatic N) is 6. The van der Waals surface area contributed by atoms with E-state index in [9.17, 15) is 14.7 Å². The number of para-hydroxylation sites is 1. The van der Waals surface area contributed by atoms with Crippen LogP contribution >= 0.6 is 0 Å².